The van der Waals surface area contributed by atoms with E-state index in [9.17, 15) is 9.59 Å². The van der Waals surface area contributed by atoms with Gasteiger partial charge in [0.1, 0.15) is 12.6 Å². The number of urea groups is 1. The molecule has 2 atom stereocenters. The number of nitrogens with one attached hydrogen (secondary N) is 2. The Hall–Kier alpha value is -2.08. The van der Waals surface area contributed by atoms with E-state index in [1.54, 1.807) is 4.90 Å². The van der Waals surface area contributed by atoms with E-state index in [0.717, 1.165) is 26.1 Å². The minimum Gasteiger partial charge on any atom is -0.467 e. The molecule has 138 valence electrons. The first kappa shape index (κ1) is 19.2. The molecule has 0 aliphatic carbocycles. The van der Waals surface area contributed by atoms with Crippen molar-refractivity contribution in [2.75, 3.05) is 33.3 Å². The maximum absolute atomic E-state index is 12.5. The second-order valence-electron chi connectivity index (χ2n) is 6.74. The molecule has 1 aromatic carbocycles. The first-order valence-corrected chi connectivity index (χ1v) is 9.05. The van der Waals surface area contributed by atoms with Gasteiger partial charge in [0.25, 0.3) is 0 Å². The molecule has 0 bridgehead atoms. The van der Waals surface area contributed by atoms with Crippen LogP contribution in [-0.4, -0.2) is 56.2 Å². The van der Waals surface area contributed by atoms with Crippen molar-refractivity contribution in [2.24, 2.45) is 5.92 Å². The van der Waals surface area contributed by atoms with Crippen molar-refractivity contribution in [3.05, 3.63) is 35.9 Å². The summed E-state index contributed by atoms with van der Waals surface area (Å²) in [6.45, 7) is 8.14. The molecule has 1 saturated heterocycles. The number of methoxy groups -OCH3 is 1. The van der Waals surface area contributed by atoms with Crippen LogP contribution in [0.2, 0.25) is 0 Å². The van der Waals surface area contributed by atoms with Gasteiger partial charge in [-0.3, -0.25) is 0 Å². The molecule has 0 spiro atoms. The molecule has 0 aromatic heterocycles. The van der Waals surface area contributed by atoms with Crippen LogP contribution in [0.5, 0.6) is 0 Å². The van der Waals surface area contributed by atoms with E-state index >= 15 is 0 Å². The number of piperazine rings is 1. The lowest BCUT2D eigenvalue weighted by atomic mass is 9.99. The predicted molar refractivity (Wildman–Crippen MR) is 96.2 cm³/mol. The van der Waals surface area contributed by atoms with Gasteiger partial charge in [-0.2, -0.15) is 0 Å². The third-order valence-corrected chi connectivity index (χ3v) is 5.00. The molecule has 2 N–H and O–H groups in total. The van der Waals surface area contributed by atoms with Gasteiger partial charge >= 0.3 is 12.0 Å². The van der Waals surface area contributed by atoms with E-state index in [1.807, 2.05) is 19.9 Å². The summed E-state index contributed by atoms with van der Waals surface area (Å²) in [7, 11) is 1.36. The van der Waals surface area contributed by atoms with Crippen LogP contribution in [0.4, 0.5) is 4.79 Å². The molecule has 1 aliphatic heterocycles. The lowest BCUT2D eigenvalue weighted by Gasteiger charge is -2.33. The maximum Gasteiger partial charge on any atom is 0.328 e. The Labute approximate surface area is 150 Å². The van der Waals surface area contributed by atoms with Crippen molar-refractivity contribution in [1.82, 2.24) is 10.2 Å². The van der Waals surface area contributed by atoms with Crippen LogP contribution in [-0.2, 0) is 16.1 Å². The molecule has 2 amide bonds. The Morgan fingerprint density at radius 2 is 1.88 bits per heavy atom. The van der Waals surface area contributed by atoms with Gasteiger partial charge < -0.3 is 19.9 Å². The van der Waals surface area contributed by atoms with E-state index in [1.165, 1.54) is 17.6 Å². The van der Waals surface area contributed by atoms with Crippen LogP contribution in [0.3, 0.4) is 0 Å². The number of rotatable bonds is 6. The van der Waals surface area contributed by atoms with E-state index in [0.29, 0.717) is 13.1 Å². The summed E-state index contributed by atoms with van der Waals surface area (Å²) in [5.74, 6) is -0.336. The van der Waals surface area contributed by atoms with Crippen molar-refractivity contribution in [1.29, 1.82) is 0 Å². The molecule has 2 rings (SSSR count). The van der Waals surface area contributed by atoms with Crippen LogP contribution in [0.25, 0.3) is 0 Å². The van der Waals surface area contributed by atoms with Gasteiger partial charge in [0.2, 0.25) is 0 Å². The highest BCUT2D eigenvalue weighted by Crippen LogP contribution is 2.10. The Morgan fingerprint density at radius 3 is 2.44 bits per heavy atom. The predicted octanol–water partition coefficient (Wildman–Crippen LogP) is 0.684. The number of carbonyl (C=O) groups excluding carboxylic acids is 2. The van der Waals surface area contributed by atoms with Gasteiger partial charge in [-0.25, -0.2) is 9.59 Å². The van der Waals surface area contributed by atoms with Gasteiger partial charge in [0.05, 0.1) is 33.3 Å². The zero-order valence-electron chi connectivity index (χ0n) is 15.5. The van der Waals surface area contributed by atoms with Crippen molar-refractivity contribution in [2.45, 2.75) is 32.9 Å². The molecular weight excluding hydrogens is 318 g/mol. The zero-order valence-corrected chi connectivity index (χ0v) is 15.5. The zero-order chi connectivity index (χ0) is 18.2. The third kappa shape index (κ3) is 5.46. The fourth-order valence-electron chi connectivity index (χ4n) is 3.11. The quantitative estimate of drug-likeness (QED) is 0.744. The summed E-state index contributed by atoms with van der Waals surface area (Å²) in [5.41, 5.74) is 1.32. The maximum atomic E-state index is 12.5. The van der Waals surface area contributed by atoms with Crippen LogP contribution in [0.15, 0.2) is 30.3 Å². The second kappa shape index (κ2) is 9.42. The summed E-state index contributed by atoms with van der Waals surface area (Å²) in [4.78, 5) is 27.7. The Kier molecular flexibility index (Phi) is 7.25. The highest BCUT2D eigenvalue weighted by molar-refractivity contribution is 5.83. The van der Waals surface area contributed by atoms with Gasteiger partial charge in [-0.15, -0.1) is 0 Å². The normalized spacial score (nSPS) is 17.6. The van der Waals surface area contributed by atoms with Crippen molar-refractivity contribution in [3.8, 4) is 0 Å². The number of ether oxygens (including phenoxy) is 1. The average molecular weight is 348 g/mol. The standard InChI is InChI=1S/C19H29N3O3/c1-4-15(2)17(18(23)25-3)20-19(24)22-12-10-21(11-13-22)14-16-8-6-5-7-9-16/h5-9,15,17H,4,10-14H2,1-3H3,(H,20,24)/p+1/t15-,17+/m1/s1. The van der Waals surface area contributed by atoms with E-state index in [2.05, 4.69) is 29.6 Å². The Bertz CT molecular complexity index is 556. The van der Waals surface area contributed by atoms with Gasteiger partial charge in [0.15, 0.2) is 0 Å². The molecule has 1 fully saturated rings. The van der Waals surface area contributed by atoms with Crippen LogP contribution in [0.1, 0.15) is 25.8 Å². The number of benzene rings is 1. The molecule has 0 radical (unpaired) electrons. The molecule has 6 heteroatoms. The number of esters is 1. The summed E-state index contributed by atoms with van der Waals surface area (Å²) in [6.07, 6.45) is 0.801. The number of hydrogen-bond acceptors (Lipinski definition) is 3. The van der Waals surface area contributed by atoms with E-state index in [-0.39, 0.29) is 17.9 Å². The van der Waals surface area contributed by atoms with Crippen molar-refractivity contribution in [3.63, 3.8) is 0 Å². The number of carbonyl (C=O) groups is 2. The second-order valence-corrected chi connectivity index (χ2v) is 6.74. The van der Waals surface area contributed by atoms with Gasteiger partial charge in [-0.05, 0) is 5.92 Å². The number of amides is 2. The summed E-state index contributed by atoms with van der Waals surface area (Å²) in [6, 6.07) is 9.65. The van der Waals surface area contributed by atoms with Gasteiger partial charge in [0, 0.05) is 5.56 Å². The van der Waals surface area contributed by atoms with Crippen molar-refractivity contribution >= 4 is 12.0 Å². The van der Waals surface area contributed by atoms with Crippen LogP contribution >= 0.6 is 0 Å². The molecule has 0 saturated carbocycles. The lowest BCUT2D eigenvalue weighted by molar-refractivity contribution is -0.917. The molecule has 1 aromatic rings. The molecule has 1 aliphatic rings. The summed E-state index contributed by atoms with van der Waals surface area (Å²) in [5, 5.41) is 2.86. The number of quaternary nitrogens is 1. The molecular formula is C19H30N3O3+. The highest BCUT2D eigenvalue weighted by atomic mass is 16.5. The molecule has 0 unspecified atom stereocenters. The fraction of sp³-hybridized carbons (Fsp3) is 0.579. The topological polar surface area (TPSA) is 63.1 Å². The minimum absolute atomic E-state index is 0.0430. The first-order valence-electron chi connectivity index (χ1n) is 9.05. The minimum atomic E-state index is -0.586. The number of nitrogens with zero attached hydrogens (tertiary/aromatic N) is 1. The summed E-state index contributed by atoms with van der Waals surface area (Å²) < 4.78 is 4.83. The first-order chi connectivity index (χ1) is 12.0. The Balaban J connectivity index is 1.84. The monoisotopic (exact) mass is 348 g/mol. The highest BCUT2D eigenvalue weighted by Gasteiger charge is 2.30. The van der Waals surface area contributed by atoms with Crippen LogP contribution < -0.4 is 10.2 Å². The Morgan fingerprint density at radius 1 is 1.24 bits per heavy atom. The summed E-state index contributed by atoms with van der Waals surface area (Å²) >= 11 is 0. The fourth-order valence-corrected chi connectivity index (χ4v) is 3.11. The van der Waals surface area contributed by atoms with E-state index in [4.69, 9.17) is 4.74 Å². The molecule has 6 nitrogen and oxygen atoms in total. The number of hydrogen-bond donors (Lipinski definition) is 2. The third-order valence-electron chi connectivity index (χ3n) is 5.00. The average Bonchev–Trinajstić information content (AvgIpc) is 2.66. The van der Waals surface area contributed by atoms with Crippen molar-refractivity contribution < 1.29 is 19.2 Å². The smallest absolute Gasteiger partial charge is 0.328 e. The van der Waals surface area contributed by atoms with E-state index < -0.39 is 6.04 Å². The SMILES string of the molecule is CC[C@@H](C)[C@H](NC(=O)N1CC[NH+](Cc2ccccc2)CC1)C(=O)OC. The molecule has 25 heavy (non-hydrogen) atoms. The lowest BCUT2D eigenvalue weighted by Crippen LogP contribution is -3.13. The van der Waals surface area contributed by atoms with Crippen LogP contribution in [0, 0.1) is 5.92 Å². The largest absolute Gasteiger partial charge is 0.467 e. The van der Waals surface area contributed by atoms with Gasteiger partial charge in [-0.1, -0.05) is 50.6 Å². The molecule has 1 heterocycles.